The largest absolute Gasteiger partial charge is 0.417 e. The Morgan fingerprint density at radius 2 is 2.18 bits per heavy atom. The lowest BCUT2D eigenvalue weighted by Gasteiger charge is -2.39. The van der Waals surface area contributed by atoms with Crippen LogP contribution in [0.2, 0.25) is 0 Å². The number of thiazole rings is 1. The molecule has 2 rings (SSSR count). The van der Waals surface area contributed by atoms with E-state index in [1.807, 2.05) is 6.92 Å². The Labute approximate surface area is 130 Å². The van der Waals surface area contributed by atoms with Crippen LogP contribution in [-0.4, -0.2) is 45.9 Å². The van der Waals surface area contributed by atoms with E-state index in [1.165, 1.54) is 16.2 Å². The van der Waals surface area contributed by atoms with Gasteiger partial charge < -0.3 is 15.3 Å². The third-order valence-corrected chi connectivity index (χ3v) is 4.75. The van der Waals surface area contributed by atoms with Crippen LogP contribution in [0.3, 0.4) is 0 Å². The van der Waals surface area contributed by atoms with Crippen LogP contribution >= 0.6 is 11.3 Å². The molecule has 124 valence electrons. The molecule has 0 radical (unpaired) electrons. The Kier molecular flexibility index (Phi) is 4.96. The number of hydrogen-bond donors (Lipinski definition) is 2. The smallest absolute Gasteiger partial charge is 0.380 e. The van der Waals surface area contributed by atoms with Gasteiger partial charge in [0.25, 0.3) is 0 Å². The highest BCUT2D eigenvalue weighted by Gasteiger charge is 2.54. The van der Waals surface area contributed by atoms with Crippen LogP contribution in [0.4, 0.5) is 18.0 Å². The number of rotatable bonds is 3. The van der Waals surface area contributed by atoms with Gasteiger partial charge in [-0.05, 0) is 6.42 Å². The molecule has 0 bridgehead atoms. The van der Waals surface area contributed by atoms with Crippen molar-refractivity contribution < 1.29 is 23.1 Å². The number of urea groups is 1. The Morgan fingerprint density at radius 3 is 2.64 bits per heavy atom. The number of likely N-dealkylation sites (tertiary alicyclic amines) is 1. The summed E-state index contributed by atoms with van der Waals surface area (Å²) in [6.07, 6.45) is -3.39. The number of alkyl halides is 3. The third kappa shape index (κ3) is 3.52. The summed E-state index contributed by atoms with van der Waals surface area (Å²) in [6, 6.07) is -0.679. The van der Waals surface area contributed by atoms with Gasteiger partial charge in [-0.25, -0.2) is 9.78 Å². The number of carbonyl (C=O) groups excluding carboxylic acids is 1. The summed E-state index contributed by atoms with van der Waals surface area (Å²) >= 11 is 1.41. The molecule has 0 unspecified atom stereocenters. The Bertz CT molecular complexity index is 499. The van der Waals surface area contributed by atoms with Gasteiger partial charge in [0.1, 0.15) is 5.01 Å². The van der Waals surface area contributed by atoms with Crippen molar-refractivity contribution in [3.8, 4) is 0 Å². The summed E-state index contributed by atoms with van der Waals surface area (Å²) in [7, 11) is 0. The lowest BCUT2D eigenvalue weighted by Crippen LogP contribution is -2.56. The second kappa shape index (κ2) is 6.41. The molecule has 0 spiro atoms. The number of carbonyl (C=O) groups is 1. The first-order valence-corrected chi connectivity index (χ1v) is 7.89. The van der Waals surface area contributed by atoms with Gasteiger partial charge in [0, 0.05) is 37.5 Å². The van der Waals surface area contributed by atoms with E-state index < -0.39 is 30.7 Å². The van der Waals surface area contributed by atoms with E-state index >= 15 is 0 Å². The predicted molar refractivity (Wildman–Crippen MR) is 75.5 cm³/mol. The topological polar surface area (TPSA) is 65.5 Å². The number of hydrogen-bond acceptors (Lipinski definition) is 4. The second-order valence-electron chi connectivity index (χ2n) is 5.30. The van der Waals surface area contributed by atoms with Crippen LogP contribution < -0.4 is 5.32 Å². The Balaban J connectivity index is 1.93. The minimum atomic E-state index is -4.66. The van der Waals surface area contributed by atoms with Gasteiger partial charge in [0.05, 0.1) is 6.04 Å². The summed E-state index contributed by atoms with van der Waals surface area (Å²) < 4.78 is 38.2. The van der Waals surface area contributed by atoms with E-state index in [0.717, 1.165) is 5.01 Å². The fourth-order valence-corrected chi connectivity index (χ4v) is 3.12. The van der Waals surface area contributed by atoms with E-state index in [1.54, 1.807) is 11.6 Å². The predicted octanol–water partition coefficient (Wildman–Crippen LogP) is 2.69. The summed E-state index contributed by atoms with van der Waals surface area (Å²) in [5.41, 5.74) is -2.69. The maximum absolute atomic E-state index is 12.7. The highest BCUT2D eigenvalue weighted by atomic mass is 32.1. The molecular weight excluding hydrogens is 319 g/mol. The molecule has 5 nitrogen and oxygen atoms in total. The van der Waals surface area contributed by atoms with E-state index in [4.69, 9.17) is 0 Å². The number of nitrogens with one attached hydrogen (secondary N) is 1. The van der Waals surface area contributed by atoms with Gasteiger partial charge in [-0.3, -0.25) is 0 Å². The van der Waals surface area contributed by atoms with Crippen LogP contribution in [0, 0.1) is 0 Å². The molecule has 1 aliphatic heterocycles. The SMILES string of the molecule is CC[C@@H](NC(=O)N1CCC(O)(C(F)(F)F)CC1)c1nccs1. The molecule has 0 aromatic carbocycles. The summed E-state index contributed by atoms with van der Waals surface area (Å²) in [5, 5.41) is 14.9. The van der Waals surface area contributed by atoms with Crippen molar-refractivity contribution in [1.82, 2.24) is 15.2 Å². The minimum Gasteiger partial charge on any atom is -0.380 e. The van der Waals surface area contributed by atoms with Crippen molar-refractivity contribution in [3.05, 3.63) is 16.6 Å². The average Bonchev–Trinajstić information content (AvgIpc) is 2.98. The molecule has 0 aliphatic carbocycles. The van der Waals surface area contributed by atoms with Crippen LogP contribution in [0.1, 0.15) is 37.2 Å². The molecule has 1 fully saturated rings. The molecule has 1 aliphatic rings. The fraction of sp³-hybridized carbons (Fsp3) is 0.692. The molecule has 2 heterocycles. The summed E-state index contributed by atoms with van der Waals surface area (Å²) in [4.78, 5) is 17.6. The van der Waals surface area contributed by atoms with Crippen LogP contribution in [0.5, 0.6) is 0 Å². The van der Waals surface area contributed by atoms with Crippen LogP contribution in [0.25, 0.3) is 0 Å². The van der Waals surface area contributed by atoms with Crippen molar-refractivity contribution in [2.75, 3.05) is 13.1 Å². The highest BCUT2D eigenvalue weighted by molar-refractivity contribution is 7.09. The van der Waals surface area contributed by atoms with Crippen molar-refractivity contribution in [1.29, 1.82) is 0 Å². The van der Waals surface area contributed by atoms with E-state index in [-0.39, 0.29) is 19.1 Å². The minimum absolute atomic E-state index is 0.129. The van der Waals surface area contributed by atoms with Gasteiger partial charge in [-0.15, -0.1) is 11.3 Å². The number of aliphatic hydroxyl groups is 1. The first kappa shape index (κ1) is 17.0. The Morgan fingerprint density at radius 1 is 1.55 bits per heavy atom. The van der Waals surface area contributed by atoms with Crippen molar-refractivity contribution in [2.45, 2.75) is 44.0 Å². The second-order valence-corrected chi connectivity index (χ2v) is 6.22. The molecule has 1 aromatic rings. The lowest BCUT2D eigenvalue weighted by atomic mass is 9.91. The van der Waals surface area contributed by atoms with Crippen molar-refractivity contribution >= 4 is 17.4 Å². The molecule has 2 N–H and O–H groups in total. The zero-order chi connectivity index (χ0) is 16.4. The monoisotopic (exact) mass is 337 g/mol. The molecule has 0 saturated carbocycles. The summed E-state index contributed by atoms with van der Waals surface area (Å²) in [6.45, 7) is 1.64. The van der Waals surface area contributed by atoms with Gasteiger partial charge in [0.2, 0.25) is 0 Å². The van der Waals surface area contributed by atoms with Gasteiger partial charge in [-0.1, -0.05) is 6.92 Å². The molecule has 2 amide bonds. The maximum atomic E-state index is 12.7. The third-order valence-electron chi connectivity index (χ3n) is 3.86. The van der Waals surface area contributed by atoms with Gasteiger partial charge in [-0.2, -0.15) is 13.2 Å². The van der Waals surface area contributed by atoms with E-state index in [0.29, 0.717) is 6.42 Å². The van der Waals surface area contributed by atoms with Gasteiger partial charge in [0.15, 0.2) is 5.60 Å². The Hall–Kier alpha value is -1.35. The average molecular weight is 337 g/mol. The number of halogens is 3. The number of nitrogens with zero attached hydrogens (tertiary/aromatic N) is 2. The molecular formula is C13H18F3N3O2S. The number of amides is 2. The zero-order valence-electron chi connectivity index (χ0n) is 12.1. The van der Waals surface area contributed by atoms with E-state index in [2.05, 4.69) is 10.3 Å². The molecule has 1 saturated heterocycles. The quantitative estimate of drug-likeness (QED) is 0.891. The summed E-state index contributed by atoms with van der Waals surface area (Å²) in [5.74, 6) is 0. The fourth-order valence-electron chi connectivity index (χ4n) is 2.35. The van der Waals surface area contributed by atoms with Crippen molar-refractivity contribution in [3.63, 3.8) is 0 Å². The van der Waals surface area contributed by atoms with Crippen molar-refractivity contribution in [2.24, 2.45) is 0 Å². The normalized spacial score (nSPS) is 19.8. The lowest BCUT2D eigenvalue weighted by molar-refractivity contribution is -0.271. The number of aromatic nitrogens is 1. The standard InChI is InChI=1S/C13H18F3N3O2S/c1-2-9(10-17-5-8-22-10)18-11(20)19-6-3-12(21,4-7-19)13(14,15)16/h5,8-9,21H,2-4,6-7H2,1H3,(H,18,20)/t9-/m1/s1. The molecule has 1 aromatic heterocycles. The van der Waals surface area contributed by atoms with E-state index in [9.17, 15) is 23.1 Å². The zero-order valence-corrected chi connectivity index (χ0v) is 12.9. The van der Waals surface area contributed by atoms with Crippen LogP contribution in [-0.2, 0) is 0 Å². The molecule has 22 heavy (non-hydrogen) atoms. The van der Waals surface area contributed by atoms with Crippen LogP contribution in [0.15, 0.2) is 11.6 Å². The van der Waals surface area contributed by atoms with Gasteiger partial charge >= 0.3 is 12.2 Å². The molecule has 9 heteroatoms. The molecule has 1 atom stereocenters. The number of piperidine rings is 1. The first-order valence-electron chi connectivity index (χ1n) is 7.01. The first-order chi connectivity index (χ1) is 10.3. The maximum Gasteiger partial charge on any atom is 0.417 e. The highest BCUT2D eigenvalue weighted by Crippen LogP contribution is 2.38.